The molecule has 0 unspecified atom stereocenters. The van der Waals surface area contributed by atoms with Gasteiger partial charge in [-0.1, -0.05) is 60.1 Å². The lowest BCUT2D eigenvalue weighted by molar-refractivity contribution is 1.29. The van der Waals surface area contributed by atoms with Crippen LogP contribution in [-0.2, 0) is 0 Å². The zero-order valence-corrected chi connectivity index (χ0v) is 14.8. The van der Waals surface area contributed by atoms with Crippen LogP contribution in [-0.4, -0.2) is 11.2 Å². The van der Waals surface area contributed by atoms with Gasteiger partial charge in [-0.05, 0) is 34.5 Å². The first kappa shape index (κ1) is 15.8. The maximum atomic E-state index is 5.87. The molecule has 4 aromatic rings. The van der Waals surface area contributed by atoms with Crippen LogP contribution >= 0.6 is 22.9 Å². The summed E-state index contributed by atoms with van der Waals surface area (Å²) in [6.07, 6.45) is 1.74. The number of nitrogens with one attached hydrogen (secondary N) is 1. The van der Waals surface area contributed by atoms with Crippen LogP contribution in [0.1, 0.15) is 5.56 Å². The average molecular weight is 364 g/mol. The van der Waals surface area contributed by atoms with Crippen molar-refractivity contribution >= 4 is 45.1 Å². The Kier molecular flexibility index (Phi) is 4.46. The predicted molar refractivity (Wildman–Crippen MR) is 108 cm³/mol. The van der Waals surface area contributed by atoms with E-state index < -0.39 is 0 Å². The number of hydrogen-bond acceptors (Lipinski definition) is 4. The minimum atomic E-state index is 0.713. The van der Waals surface area contributed by atoms with Crippen LogP contribution in [0.3, 0.4) is 0 Å². The molecule has 1 N–H and O–H groups in total. The molecular weight excluding hydrogens is 350 g/mol. The van der Waals surface area contributed by atoms with E-state index in [2.05, 4.69) is 45.8 Å². The lowest BCUT2D eigenvalue weighted by Gasteiger charge is -2.00. The van der Waals surface area contributed by atoms with Gasteiger partial charge in [-0.2, -0.15) is 5.10 Å². The van der Waals surface area contributed by atoms with E-state index in [9.17, 15) is 0 Å². The molecule has 0 bridgehead atoms. The Morgan fingerprint density at radius 3 is 2.60 bits per heavy atom. The molecule has 4 rings (SSSR count). The van der Waals surface area contributed by atoms with Gasteiger partial charge in [0.1, 0.15) is 0 Å². The summed E-state index contributed by atoms with van der Waals surface area (Å²) >= 11 is 7.40. The summed E-state index contributed by atoms with van der Waals surface area (Å²) in [5, 5.41) is 10.2. The fraction of sp³-hybridized carbons (Fsp3) is 0. The van der Waals surface area contributed by atoms with Crippen LogP contribution in [0.2, 0.25) is 5.02 Å². The number of fused-ring (bicyclic) bond motifs is 1. The Hall–Kier alpha value is -2.69. The molecule has 0 fully saturated rings. The van der Waals surface area contributed by atoms with Crippen molar-refractivity contribution in [1.82, 2.24) is 4.98 Å². The number of benzene rings is 3. The van der Waals surface area contributed by atoms with Crippen LogP contribution in [0, 0.1) is 0 Å². The molecule has 0 atom stereocenters. The van der Waals surface area contributed by atoms with E-state index >= 15 is 0 Å². The SMILES string of the molecule is Clc1ccc(/C=N/Nc2nc(-c3ccc4ccccc4c3)cs2)cc1. The van der Waals surface area contributed by atoms with Crippen molar-refractivity contribution in [3.63, 3.8) is 0 Å². The van der Waals surface area contributed by atoms with Crippen LogP contribution in [0.15, 0.2) is 77.2 Å². The zero-order chi connectivity index (χ0) is 17.1. The number of anilines is 1. The summed E-state index contributed by atoms with van der Waals surface area (Å²) in [6, 6.07) is 22.2. The third-order valence-electron chi connectivity index (χ3n) is 3.79. The second kappa shape index (κ2) is 7.05. The first-order valence-electron chi connectivity index (χ1n) is 7.77. The van der Waals surface area contributed by atoms with Crippen LogP contribution in [0.25, 0.3) is 22.0 Å². The maximum Gasteiger partial charge on any atom is 0.203 e. The summed E-state index contributed by atoms with van der Waals surface area (Å²) in [5.74, 6) is 0. The molecule has 1 heterocycles. The lowest BCUT2D eigenvalue weighted by Crippen LogP contribution is -1.90. The minimum Gasteiger partial charge on any atom is -0.253 e. The number of rotatable bonds is 4. The van der Waals surface area contributed by atoms with Crippen molar-refractivity contribution in [3.8, 4) is 11.3 Å². The molecule has 3 aromatic carbocycles. The predicted octanol–water partition coefficient (Wildman–Crippen LogP) is 6.06. The van der Waals surface area contributed by atoms with Crippen molar-refractivity contribution in [1.29, 1.82) is 0 Å². The smallest absolute Gasteiger partial charge is 0.203 e. The maximum absolute atomic E-state index is 5.87. The van der Waals surface area contributed by atoms with Crippen LogP contribution in [0.4, 0.5) is 5.13 Å². The summed E-state index contributed by atoms with van der Waals surface area (Å²) in [6.45, 7) is 0. The molecule has 1 aromatic heterocycles. The highest BCUT2D eigenvalue weighted by atomic mass is 35.5. The van der Waals surface area contributed by atoms with E-state index in [0.29, 0.717) is 5.02 Å². The summed E-state index contributed by atoms with van der Waals surface area (Å²) in [4.78, 5) is 4.61. The van der Waals surface area contributed by atoms with Crippen molar-refractivity contribution in [2.75, 3.05) is 5.43 Å². The Morgan fingerprint density at radius 1 is 0.960 bits per heavy atom. The molecular formula is C20H14ClN3S. The third-order valence-corrected chi connectivity index (χ3v) is 4.79. The summed E-state index contributed by atoms with van der Waals surface area (Å²) in [7, 11) is 0. The van der Waals surface area contributed by atoms with Crippen LogP contribution in [0.5, 0.6) is 0 Å². The van der Waals surface area contributed by atoms with Crippen molar-refractivity contribution in [2.45, 2.75) is 0 Å². The van der Waals surface area contributed by atoms with Gasteiger partial charge < -0.3 is 0 Å². The molecule has 0 aliphatic carbocycles. The third kappa shape index (κ3) is 3.71. The van der Waals surface area contributed by atoms with Gasteiger partial charge in [0.2, 0.25) is 5.13 Å². The molecule has 25 heavy (non-hydrogen) atoms. The monoisotopic (exact) mass is 363 g/mol. The van der Waals surface area contributed by atoms with Gasteiger partial charge in [0, 0.05) is 16.0 Å². The molecule has 122 valence electrons. The van der Waals surface area contributed by atoms with Gasteiger partial charge in [0.15, 0.2) is 0 Å². The molecule has 0 saturated carbocycles. The minimum absolute atomic E-state index is 0.713. The first-order valence-corrected chi connectivity index (χ1v) is 9.03. The van der Waals surface area contributed by atoms with Gasteiger partial charge in [-0.25, -0.2) is 4.98 Å². The molecule has 0 aliphatic rings. The molecule has 0 radical (unpaired) electrons. The fourth-order valence-electron chi connectivity index (χ4n) is 2.52. The molecule has 5 heteroatoms. The quantitative estimate of drug-likeness (QED) is 0.353. The average Bonchev–Trinajstić information content (AvgIpc) is 3.12. The number of hydrogen-bond donors (Lipinski definition) is 1. The van der Waals surface area contributed by atoms with E-state index in [-0.39, 0.29) is 0 Å². The van der Waals surface area contributed by atoms with Gasteiger partial charge in [0.05, 0.1) is 11.9 Å². The van der Waals surface area contributed by atoms with Crippen LogP contribution < -0.4 is 5.43 Å². The first-order chi connectivity index (χ1) is 12.3. The molecule has 0 aliphatic heterocycles. The van der Waals surface area contributed by atoms with Gasteiger partial charge in [-0.3, -0.25) is 5.43 Å². The molecule has 0 spiro atoms. The topological polar surface area (TPSA) is 37.3 Å². The number of thiazole rings is 1. The van der Waals surface area contributed by atoms with Crippen molar-refractivity contribution < 1.29 is 0 Å². The van der Waals surface area contributed by atoms with E-state index in [0.717, 1.165) is 22.0 Å². The van der Waals surface area contributed by atoms with Gasteiger partial charge in [0.25, 0.3) is 0 Å². The Balaban J connectivity index is 1.50. The van der Waals surface area contributed by atoms with E-state index in [4.69, 9.17) is 11.6 Å². The summed E-state index contributed by atoms with van der Waals surface area (Å²) in [5.41, 5.74) is 6.00. The van der Waals surface area contributed by atoms with Gasteiger partial charge in [-0.15, -0.1) is 11.3 Å². The normalized spacial score (nSPS) is 11.2. The molecule has 0 amide bonds. The molecule has 3 nitrogen and oxygen atoms in total. The van der Waals surface area contributed by atoms with E-state index in [1.54, 1.807) is 6.21 Å². The highest BCUT2D eigenvalue weighted by molar-refractivity contribution is 7.14. The van der Waals surface area contributed by atoms with Gasteiger partial charge >= 0.3 is 0 Å². The number of aromatic nitrogens is 1. The Morgan fingerprint density at radius 2 is 1.76 bits per heavy atom. The van der Waals surface area contributed by atoms with E-state index in [1.165, 1.54) is 22.1 Å². The van der Waals surface area contributed by atoms with Crippen molar-refractivity contribution in [3.05, 3.63) is 82.7 Å². The standard InChI is InChI=1S/C20H14ClN3S/c21-18-9-5-14(6-10-18)12-22-24-20-23-19(13-25-20)17-8-7-15-3-1-2-4-16(15)11-17/h1-13H,(H,23,24)/b22-12+. The molecule has 0 saturated heterocycles. The highest BCUT2D eigenvalue weighted by Crippen LogP contribution is 2.27. The van der Waals surface area contributed by atoms with E-state index in [1.807, 2.05) is 41.8 Å². The van der Waals surface area contributed by atoms with Crippen molar-refractivity contribution in [2.24, 2.45) is 5.10 Å². The number of hydrazone groups is 1. The summed E-state index contributed by atoms with van der Waals surface area (Å²) < 4.78 is 0. The largest absolute Gasteiger partial charge is 0.253 e. The zero-order valence-electron chi connectivity index (χ0n) is 13.2. The Labute approximate surface area is 154 Å². The second-order valence-electron chi connectivity index (χ2n) is 5.52. The number of halogens is 1. The highest BCUT2D eigenvalue weighted by Gasteiger charge is 2.05. The second-order valence-corrected chi connectivity index (χ2v) is 6.82. The number of nitrogens with zero attached hydrogens (tertiary/aromatic N) is 2. The lowest BCUT2D eigenvalue weighted by atomic mass is 10.1. The Bertz CT molecular complexity index is 1040. The fourth-order valence-corrected chi connectivity index (χ4v) is 3.31.